The molecule has 1 aromatic rings. The third-order valence-electron chi connectivity index (χ3n) is 4.07. The number of carboxylic acids is 1. The third-order valence-corrected chi connectivity index (χ3v) is 4.07. The standard InChI is InChI=1S/C16H21NO4/c1-2-16(6-8-21-9-7-16)17-14(18)11-12-4-3-5-13(10-12)15(19)20/h3-5,10H,2,6-9,11H2,1H3,(H,17,18)(H,19,20). The summed E-state index contributed by atoms with van der Waals surface area (Å²) in [5, 5.41) is 12.1. The predicted octanol–water partition coefficient (Wildman–Crippen LogP) is 2.00. The van der Waals surface area contributed by atoms with E-state index in [1.165, 1.54) is 6.07 Å². The van der Waals surface area contributed by atoms with Crippen LogP contribution in [-0.4, -0.2) is 35.7 Å². The van der Waals surface area contributed by atoms with E-state index in [0.29, 0.717) is 18.8 Å². The van der Waals surface area contributed by atoms with E-state index in [1.807, 2.05) is 0 Å². The minimum Gasteiger partial charge on any atom is -0.478 e. The maximum absolute atomic E-state index is 12.2. The van der Waals surface area contributed by atoms with Crippen molar-refractivity contribution in [2.24, 2.45) is 0 Å². The molecule has 1 saturated heterocycles. The Balaban J connectivity index is 2.00. The molecule has 1 amide bonds. The van der Waals surface area contributed by atoms with Crippen molar-refractivity contribution in [1.82, 2.24) is 5.32 Å². The SMILES string of the molecule is CCC1(NC(=O)Cc2cccc(C(=O)O)c2)CCOCC1. The zero-order chi connectivity index (χ0) is 15.3. The van der Waals surface area contributed by atoms with Gasteiger partial charge in [0, 0.05) is 18.8 Å². The van der Waals surface area contributed by atoms with Gasteiger partial charge in [-0.15, -0.1) is 0 Å². The molecule has 0 unspecified atom stereocenters. The largest absolute Gasteiger partial charge is 0.478 e. The molecule has 2 N–H and O–H groups in total. The number of carbonyl (C=O) groups is 2. The van der Waals surface area contributed by atoms with Gasteiger partial charge in [0.15, 0.2) is 0 Å². The molecule has 0 aromatic heterocycles. The van der Waals surface area contributed by atoms with E-state index in [2.05, 4.69) is 12.2 Å². The Kier molecular flexibility index (Phi) is 4.96. The van der Waals surface area contributed by atoms with E-state index in [4.69, 9.17) is 9.84 Å². The first kappa shape index (κ1) is 15.5. The molecule has 1 aliphatic rings. The monoisotopic (exact) mass is 291 g/mol. The number of nitrogens with one attached hydrogen (secondary N) is 1. The number of hydrogen-bond donors (Lipinski definition) is 2. The van der Waals surface area contributed by atoms with Crippen LogP contribution in [0, 0.1) is 0 Å². The smallest absolute Gasteiger partial charge is 0.335 e. The topological polar surface area (TPSA) is 75.6 Å². The summed E-state index contributed by atoms with van der Waals surface area (Å²) in [7, 11) is 0. The molecule has 0 radical (unpaired) electrons. The Morgan fingerprint density at radius 2 is 2.05 bits per heavy atom. The number of amides is 1. The minimum atomic E-state index is -0.980. The maximum Gasteiger partial charge on any atom is 0.335 e. The lowest BCUT2D eigenvalue weighted by Gasteiger charge is -2.37. The van der Waals surface area contributed by atoms with Gasteiger partial charge in [-0.2, -0.15) is 0 Å². The highest BCUT2D eigenvalue weighted by Gasteiger charge is 2.32. The first-order valence-electron chi connectivity index (χ1n) is 7.26. The summed E-state index contributed by atoms with van der Waals surface area (Å²) in [6.45, 7) is 3.40. The Bertz CT molecular complexity index is 521. The first-order chi connectivity index (χ1) is 10.0. The Labute approximate surface area is 124 Å². The molecule has 0 atom stereocenters. The molecule has 1 heterocycles. The highest BCUT2D eigenvalue weighted by Crippen LogP contribution is 2.24. The summed E-state index contributed by atoms with van der Waals surface area (Å²) >= 11 is 0. The number of rotatable bonds is 5. The molecule has 114 valence electrons. The summed E-state index contributed by atoms with van der Waals surface area (Å²) < 4.78 is 5.35. The second-order valence-electron chi connectivity index (χ2n) is 5.48. The van der Waals surface area contributed by atoms with Gasteiger partial charge in [-0.25, -0.2) is 4.79 Å². The quantitative estimate of drug-likeness (QED) is 0.870. The van der Waals surface area contributed by atoms with Crippen LogP contribution in [0.3, 0.4) is 0 Å². The molecule has 0 aliphatic carbocycles. The summed E-state index contributed by atoms with van der Waals surface area (Å²) in [5.74, 6) is -1.05. The van der Waals surface area contributed by atoms with Crippen LogP contribution in [0.25, 0.3) is 0 Å². The minimum absolute atomic E-state index is 0.0683. The molecular formula is C16H21NO4. The fraction of sp³-hybridized carbons (Fsp3) is 0.500. The van der Waals surface area contributed by atoms with Crippen LogP contribution < -0.4 is 5.32 Å². The third kappa shape index (κ3) is 4.04. The maximum atomic E-state index is 12.2. The molecule has 21 heavy (non-hydrogen) atoms. The van der Waals surface area contributed by atoms with Crippen molar-refractivity contribution in [2.45, 2.75) is 38.1 Å². The zero-order valence-electron chi connectivity index (χ0n) is 12.2. The molecular weight excluding hydrogens is 270 g/mol. The van der Waals surface area contributed by atoms with Gasteiger partial charge in [0.05, 0.1) is 12.0 Å². The van der Waals surface area contributed by atoms with Crippen LogP contribution >= 0.6 is 0 Å². The van der Waals surface area contributed by atoms with Gasteiger partial charge in [-0.05, 0) is 37.0 Å². The molecule has 5 heteroatoms. The second kappa shape index (κ2) is 6.72. The number of ether oxygens (including phenoxy) is 1. The molecule has 1 aromatic carbocycles. The number of carboxylic acid groups (broad SMARTS) is 1. The van der Waals surface area contributed by atoms with Crippen LogP contribution in [0.1, 0.15) is 42.1 Å². The zero-order valence-corrected chi connectivity index (χ0v) is 12.2. The van der Waals surface area contributed by atoms with E-state index in [9.17, 15) is 9.59 Å². The summed E-state index contributed by atoms with van der Waals surface area (Å²) in [5.41, 5.74) is 0.738. The van der Waals surface area contributed by atoms with E-state index >= 15 is 0 Å². The number of aromatic carboxylic acids is 1. The Hall–Kier alpha value is -1.88. The van der Waals surface area contributed by atoms with Crippen molar-refractivity contribution in [1.29, 1.82) is 0 Å². The molecule has 1 aliphatic heterocycles. The van der Waals surface area contributed by atoms with Crippen LogP contribution in [0.4, 0.5) is 0 Å². The summed E-state index contributed by atoms with van der Waals surface area (Å²) in [6.07, 6.45) is 2.72. The molecule has 1 fully saturated rings. The van der Waals surface area contributed by atoms with Crippen molar-refractivity contribution in [3.05, 3.63) is 35.4 Å². The van der Waals surface area contributed by atoms with Crippen LogP contribution in [0.5, 0.6) is 0 Å². The van der Waals surface area contributed by atoms with E-state index in [-0.39, 0.29) is 23.4 Å². The van der Waals surface area contributed by atoms with Crippen LogP contribution in [-0.2, 0) is 16.0 Å². The lowest BCUT2D eigenvalue weighted by Crippen LogP contribution is -2.52. The van der Waals surface area contributed by atoms with Gasteiger partial charge in [0.1, 0.15) is 0 Å². The second-order valence-corrected chi connectivity index (χ2v) is 5.48. The van der Waals surface area contributed by atoms with Crippen LogP contribution in [0.2, 0.25) is 0 Å². The van der Waals surface area contributed by atoms with Crippen molar-refractivity contribution >= 4 is 11.9 Å². The van der Waals surface area contributed by atoms with Crippen molar-refractivity contribution in [2.75, 3.05) is 13.2 Å². The van der Waals surface area contributed by atoms with Gasteiger partial charge in [0.2, 0.25) is 5.91 Å². The van der Waals surface area contributed by atoms with E-state index < -0.39 is 5.97 Å². The molecule has 5 nitrogen and oxygen atoms in total. The lowest BCUT2D eigenvalue weighted by atomic mass is 9.87. The predicted molar refractivity (Wildman–Crippen MR) is 78.3 cm³/mol. The highest BCUT2D eigenvalue weighted by molar-refractivity contribution is 5.88. The molecule has 0 bridgehead atoms. The van der Waals surface area contributed by atoms with E-state index in [0.717, 1.165) is 19.3 Å². The van der Waals surface area contributed by atoms with Crippen molar-refractivity contribution < 1.29 is 19.4 Å². The fourth-order valence-electron chi connectivity index (χ4n) is 2.67. The molecule has 0 saturated carbocycles. The average molecular weight is 291 g/mol. The summed E-state index contributed by atoms with van der Waals surface area (Å²) in [4.78, 5) is 23.2. The van der Waals surface area contributed by atoms with Gasteiger partial charge in [0.25, 0.3) is 0 Å². The van der Waals surface area contributed by atoms with Gasteiger partial charge < -0.3 is 15.2 Å². The highest BCUT2D eigenvalue weighted by atomic mass is 16.5. The van der Waals surface area contributed by atoms with Gasteiger partial charge in [-0.3, -0.25) is 4.79 Å². The lowest BCUT2D eigenvalue weighted by molar-refractivity contribution is -0.123. The molecule has 2 rings (SSSR count). The summed E-state index contributed by atoms with van der Waals surface area (Å²) in [6, 6.07) is 6.50. The van der Waals surface area contributed by atoms with Crippen molar-refractivity contribution in [3.8, 4) is 0 Å². The molecule has 0 spiro atoms. The average Bonchev–Trinajstić information content (AvgIpc) is 2.48. The fourth-order valence-corrected chi connectivity index (χ4v) is 2.67. The van der Waals surface area contributed by atoms with Crippen molar-refractivity contribution in [3.63, 3.8) is 0 Å². The first-order valence-corrected chi connectivity index (χ1v) is 7.26. The number of hydrogen-bond acceptors (Lipinski definition) is 3. The normalized spacial score (nSPS) is 17.2. The van der Waals surface area contributed by atoms with Gasteiger partial charge in [-0.1, -0.05) is 19.1 Å². The Morgan fingerprint density at radius 3 is 2.67 bits per heavy atom. The van der Waals surface area contributed by atoms with Crippen LogP contribution in [0.15, 0.2) is 24.3 Å². The Morgan fingerprint density at radius 1 is 1.33 bits per heavy atom. The number of carbonyl (C=O) groups excluding carboxylic acids is 1. The number of benzene rings is 1. The van der Waals surface area contributed by atoms with Gasteiger partial charge >= 0.3 is 5.97 Å². The van der Waals surface area contributed by atoms with E-state index in [1.54, 1.807) is 18.2 Å².